The number of ether oxygens (including phenoxy) is 2. The Hall–Kier alpha value is -1.51. The second kappa shape index (κ2) is 4.63. The molecule has 1 aliphatic rings. The molecule has 0 aromatic carbocycles. The molecule has 3 rings (SSSR count). The fourth-order valence-corrected chi connectivity index (χ4v) is 2.47. The van der Waals surface area contributed by atoms with Crippen molar-refractivity contribution in [1.29, 1.82) is 0 Å². The van der Waals surface area contributed by atoms with Gasteiger partial charge in [-0.15, -0.1) is 0 Å². The molecule has 1 atom stereocenters. The number of aromatic nitrogens is 3. The van der Waals surface area contributed by atoms with Crippen LogP contribution in [0.15, 0.2) is 4.52 Å². The number of aryl methyl sites for hydroxylation is 1. The number of nitrogen functional groups attached to an aromatic ring is 1. The Morgan fingerprint density at radius 3 is 2.89 bits per heavy atom. The lowest BCUT2D eigenvalue weighted by molar-refractivity contribution is -0.0941. The van der Waals surface area contributed by atoms with Crippen molar-refractivity contribution in [3.05, 3.63) is 11.5 Å². The van der Waals surface area contributed by atoms with E-state index in [4.69, 9.17) is 19.7 Å². The van der Waals surface area contributed by atoms with E-state index in [0.717, 1.165) is 10.6 Å². The summed E-state index contributed by atoms with van der Waals surface area (Å²) in [5.74, 6) is 0.918. The van der Waals surface area contributed by atoms with Gasteiger partial charge >= 0.3 is 0 Å². The highest BCUT2D eigenvalue weighted by molar-refractivity contribution is 7.18. The summed E-state index contributed by atoms with van der Waals surface area (Å²) in [6, 6.07) is 0. The molecule has 0 spiro atoms. The maximum Gasteiger partial charge on any atom is 0.270 e. The third-order valence-electron chi connectivity index (χ3n) is 2.55. The topological polar surface area (TPSA) is 96.3 Å². The normalized spacial score (nSPS) is 20.2. The van der Waals surface area contributed by atoms with E-state index in [0.29, 0.717) is 36.7 Å². The molecule has 7 nitrogen and oxygen atoms in total. The van der Waals surface area contributed by atoms with Crippen LogP contribution in [0.3, 0.4) is 0 Å². The average Bonchev–Trinajstić information content (AvgIpc) is 2.97. The van der Waals surface area contributed by atoms with Crippen molar-refractivity contribution in [2.24, 2.45) is 0 Å². The summed E-state index contributed by atoms with van der Waals surface area (Å²) in [4.78, 5) is 9.23. The number of rotatable bonds is 2. The Labute approximate surface area is 107 Å². The molecule has 2 N–H and O–H groups in total. The second-order valence-electron chi connectivity index (χ2n) is 3.86. The van der Waals surface area contributed by atoms with Crippen LogP contribution in [0.25, 0.3) is 10.8 Å². The molecular weight excluding hydrogens is 256 g/mol. The summed E-state index contributed by atoms with van der Waals surface area (Å²) < 4.78 is 16.0. The van der Waals surface area contributed by atoms with E-state index in [1.165, 1.54) is 11.3 Å². The molecule has 0 aliphatic carbocycles. The van der Waals surface area contributed by atoms with E-state index in [1.54, 1.807) is 0 Å². The summed E-state index contributed by atoms with van der Waals surface area (Å²) in [6.45, 7) is 3.45. The van der Waals surface area contributed by atoms with E-state index in [9.17, 15) is 0 Å². The van der Waals surface area contributed by atoms with Crippen molar-refractivity contribution < 1.29 is 14.0 Å². The molecule has 2 aromatic rings. The predicted molar refractivity (Wildman–Crippen MR) is 64.1 cm³/mol. The average molecular weight is 268 g/mol. The fourth-order valence-electron chi connectivity index (χ4n) is 1.71. The molecule has 1 fully saturated rings. The summed E-state index contributed by atoms with van der Waals surface area (Å²) in [5.41, 5.74) is 6.42. The standard InChI is InChI=1S/C10H12N4O3S/c1-5-7(18-10(11)12-5)9-13-8(14-17-9)6-4-15-2-3-16-6/h6H,2-4H2,1H3,(H2,11,12). The first-order valence-corrected chi connectivity index (χ1v) is 6.32. The van der Waals surface area contributed by atoms with E-state index in [-0.39, 0.29) is 6.10 Å². The van der Waals surface area contributed by atoms with E-state index in [2.05, 4.69) is 15.1 Å². The lowest BCUT2D eigenvalue weighted by Gasteiger charge is -2.19. The molecule has 96 valence electrons. The Morgan fingerprint density at radius 2 is 2.22 bits per heavy atom. The van der Waals surface area contributed by atoms with Crippen LogP contribution in [-0.4, -0.2) is 34.9 Å². The molecule has 0 amide bonds. The third kappa shape index (κ3) is 2.09. The Bertz CT molecular complexity index is 547. The highest BCUT2D eigenvalue weighted by atomic mass is 32.1. The van der Waals surface area contributed by atoms with Gasteiger partial charge in [-0.25, -0.2) is 4.98 Å². The summed E-state index contributed by atoms with van der Waals surface area (Å²) in [5, 5.41) is 4.40. The number of thiazole rings is 1. The number of hydrogen-bond acceptors (Lipinski definition) is 8. The number of nitrogens with two attached hydrogens (primary N) is 1. The SMILES string of the molecule is Cc1nc(N)sc1-c1nc(C2COCCO2)no1. The van der Waals surface area contributed by atoms with Crippen LogP contribution in [0.1, 0.15) is 17.6 Å². The van der Waals surface area contributed by atoms with Gasteiger partial charge in [0.1, 0.15) is 11.0 Å². The van der Waals surface area contributed by atoms with Crippen molar-refractivity contribution in [1.82, 2.24) is 15.1 Å². The lowest BCUT2D eigenvalue weighted by Crippen LogP contribution is -2.22. The molecular formula is C10H12N4O3S. The van der Waals surface area contributed by atoms with Crippen LogP contribution in [0.2, 0.25) is 0 Å². The number of nitrogens with zero attached hydrogens (tertiary/aromatic N) is 3. The van der Waals surface area contributed by atoms with Crippen LogP contribution in [0, 0.1) is 6.92 Å². The molecule has 8 heteroatoms. The minimum atomic E-state index is -0.262. The summed E-state index contributed by atoms with van der Waals surface area (Å²) >= 11 is 1.33. The van der Waals surface area contributed by atoms with E-state index in [1.807, 2.05) is 6.92 Å². The zero-order valence-electron chi connectivity index (χ0n) is 9.75. The van der Waals surface area contributed by atoms with Gasteiger partial charge in [0.2, 0.25) is 5.82 Å². The zero-order valence-corrected chi connectivity index (χ0v) is 10.6. The number of hydrogen-bond donors (Lipinski definition) is 1. The molecule has 1 aliphatic heterocycles. The quantitative estimate of drug-likeness (QED) is 0.873. The molecule has 1 saturated heterocycles. The van der Waals surface area contributed by atoms with Crippen molar-refractivity contribution >= 4 is 16.5 Å². The van der Waals surface area contributed by atoms with Gasteiger partial charge in [-0.05, 0) is 6.92 Å². The number of anilines is 1. The Morgan fingerprint density at radius 1 is 1.33 bits per heavy atom. The van der Waals surface area contributed by atoms with Crippen molar-refractivity contribution in [3.63, 3.8) is 0 Å². The van der Waals surface area contributed by atoms with Crippen molar-refractivity contribution in [2.75, 3.05) is 25.6 Å². The summed E-state index contributed by atoms with van der Waals surface area (Å²) in [7, 11) is 0. The van der Waals surface area contributed by atoms with Gasteiger partial charge < -0.3 is 19.7 Å². The Kier molecular flexibility index (Phi) is 2.98. The van der Waals surface area contributed by atoms with Crippen LogP contribution in [0.4, 0.5) is 5.13 Å². The second-order valence-corrected chi connectivity index (χ2v) is 4.89. The van der Waals surface area contributed by atoms with Gasteiger partial charge in [0.25, 0.3) is 5.89 Å². The summed E-state index contributed by atoms with van der Waals surface area (Å²) in [6.07, 6.45) is -0.262. The Balaban J connectivity index is 1.86. The van der Waals surface area contributed by atoms with Gasteiger partial charge in [0, 0.05) is 0 Å². The van der Waals surface area contributed by atoms with Gasteiger partial charge in [0.15, 0.2) is 5.13 Å². The van der Waals surface area contributed by atoms with Crippen LogP contribution >= 0.6 is 11.3 Å². The van der Waals surface area contributed by atoms with Gasteiger partial charge in [-0.3, -0.25) is 0 Å². The largest absolute Gasteiger partial charge is 0.376 e. The first-order chi connectivity index (χ1) is 8.74. The lowest BCUT2D eigenvalue weighted by atomic mass is 10.3. The molecule has 2 aromatic heterocycles. The van der Waals surface area contributed by atoms with E-state index < -0.39 is 0 Å². The van der Waals surface area contributed by atoms with Crippen molar-refractivity contribution in [2.45, 2.75) is 13.0 Å². The van der Waals surface area contributed by atoms with Gasteiger partial charge in [-0.1, -0.05) is 16.5 Å². The fraction of sp³-hybridized carbons (Fsp3) is 0.500. The minimum absolute atomic E-state index is 0.262. The molecule has 0 radical (unpaired) electrons. The third-order valence-corrected chi connectivity index (χ3v) is 3.53. The van der Waals surface area contributed by atoms with Crippen LogP contribution < -0.4 is 5.73 Å². The van der Waals surface area contributed by atoms with Crippen LogP contribution in [-0.2, 0) is 9.47 Å². The molecule has 1 unspecified atom stereocenters. The molecule has 0 bridgehead atoms. The molecule has 0 saturated carbocycles. The minimum Gasteiger partial charge on any atom is -0.376 e. The smallest absolute Gasteiger partial charge is 0.270 e. The van der Waals surface area contributed by atoms with Gasteiger partial charge in [-0.2, -0.15) is 4.98 Å². The van der Waals surface area contributed by atoms with Crippen molar-refractivity contribution in [3.8, 4) is 10.8 Å². The van der Waals surface area contributed by atoms with E-state index >= 15 is 0 Å². The molecule has 3 heterocycles. The molecule has 18 heavy (non-hydrogen) atoms. The first kappa shape index (κ1) is 11.6. The first-order valence-electron chi connectivity index (χ1n) is 5.50. The highest BCUT2D eigenvalue weighted by Crippen LogP contribution is 2.31. The highest BCUT2D eigenvalue weighted by Gasteiger charge is 2.24. The predicted octanol–water partition coefficient (Wildman–Crippen LogP) is 1.17. The van der Waals surface area contributed by atoms with Crippen LogP contribution in [0.5, 0.6) is 0 Å². The maximum absolute atomic E-state index is 5.64. The van der Waals surface area contributed by atoms with Gasteiger partial charge in [0.05, 0.1) is 25.5 Å². The monoisotopic (exact) mass is 268 g/mol. The zero-order chi connectivity index (χ0) is 12.5. The maximum atomic E-state index is 5.64.